The zero-order valence-electron chi connectivity index (χ0n) is 18.3. The van der Waals surface area contributed by atoms with Crippen LogP contribution in [0.25, 0.3) is 0 Å². The highest BCUT2D eigenvalue weighted by Gasteiger charge is 2.30. The quantitative estimate of drug-likeness (QED) is 0.713. The minimum absolute atomic E-state index is 0.156. The number of nitrogens with one attached hydrogen (secondary N) is 1. The number of hydrogen-bond acceptors (Lipinski definition) is 5. The third-order valence-electron chi connectivity index (χ3n) is 5.12. The number of benzene rings is 2. The molecular weight excluding hydrogens is 396 g/mol. The van der Waals surface area contributed by atoms with Crippen molar-refractivity contribution in [3.63, 3.8) is 0 Å². The number of anilines is 2. The van der Waals surface area contributed by atoms with Crippen LogP contribution in [0.1, 0.15) is 44.2 Å². The van der Waals surface area contributed by atoms with Crippen LogP contribution in [0.4, 0.5) is 11.4 Å². The van der Waals surface area contributed by atoms with Gasteiger partial charge in [0.2, 0.25) is 5.91 Å². The standard InChI is InChI=1S/C24H28N2O5/c1-15(2)18-10-9-16(3)11-21(18)30-14-24(29)31-13-23(28)26-17(4)12-22(27)25-19-7-5-6-8-20(19)26/h5-11,15,17H,12-14H2,1-4H3,(H,25,27)/t17-/m0/s1. The van der Waals surface area contributed by atoms with Crippen molar-refractivity contribution in [2.45, 2.75) is 46.1 Å². The SMILES string of the molecule is Cc1ccc(C(C)C)c(OCC(=O)OCC(=O)N2c3ccccc3NC(=O)C[C@@H]2C)c1. The highest BCUT2D eigenvalue weighted by Crippen LogP contribution is 2.31. The molecule has 0 unspecified atom stereocenters. The summed E-state index contributed by atoms with van der Waals surface area (Å²) in [5.41, 5.74) is 3.17. The fraction of sp³-hybridized carbons (Fsp3) is 0.375. The molecule has 1 N–H and O–H groups in total. The van der Waals surface area contributed by atoms with E-state index in [9.17, 15) is 14.4 Å². The van der Waals surface area contributed by atoms with E-state index < -0.39 is 18.5 Å². The Morgan fingerprint density at radius 1 is 1.16 bits per heavy atom. The largest absolute Gasteiger partial charge is 0.482 e. The Hall–Kier alpha value is -3.35. The molecule has 31 heavy (non-hydrogen) atoms. The number of aryl methyl sites for hydroxylation is 1. The number of amides is 2. The third kappa shape index (κ3) is 5.42. The second-order valence-electron chi connectivity index (χ2n) is 8.03. The van der Waals surface area contributed by atoms with E-state index in [1.165, 1.54) is 4.90 Å². The lowest BCUT2D eigenvalue weighted by Gasteiger charge is -2.27. The Bertz CT molecular complexity index is 986. The Labute approximate surface area is 182 Å². The average Bonchev–Trinajstić information content (AvgIpc) is 2.84. The van der Waals surface area contributed by atoms with Gasteiger partial charge in [0.25, 0.3) is 5.91 Å². The van der Waals surface area contributed by atoms with Gasteiger partial charge in [-0.3, -0.25) is 9.59 Å². The van der Waals surface area contributed by atoms with Crippen LogP contribution in [-0.2, 0) is 19.1 Å². The Kier molecular flexibility index (Phi) is 6.95. The maximum atomic E-state index is 12.9. The van der Waals surface area contributed by atoms with Crippen molar-refractivity contribution in [1.29, 1.82) is 0 Å². The average molecular weight is 424 g/mol. The fourth-order valence-electron chi connectivity index (χ4n) is 3.60. The summed E-state index contributed by atoms with van der Waals surface area (Å²) in [7, 11) is 0. The van der Waals surface area contributed by atoms with Crippen LogP contribution in [0.3, 0.4) is 0 Å². The van der Waals surface area contributed by atoms with Crippen molar-refractivity contribution in [3.05, 3.63) is 53.6 Å². The van der Waals surface area contributed by atoms with Crippen LogP contribution in [0.2, 0.25) is 0 Å². The van der Waals surface area contributed by atoms with Crippen molar-refractivity contribution in [1.82, 2.24) is 0 Å². The van der Waals surface area contributed by atoms with Crippen LogP contribution in [0, 0.1) is 6.92 Å². The van der Waals surface area contributed by atoms with E-state index in [1.54, 1.807) is 31.2 Å². The molecule has 7 nitrogen and oxygen atoms in total. The van der Waals surface area contributed by atoms with Crippen LogP contribution >= 0.6 is 0 Å². The van der Waals surface area contributed by atoms with Gasteiger partial charge in [-0.1, -0.05) is 38.1 Å². The highest BCUT2D eigenvalue weighted by molar-refractivity contribution is 6.05. The first-order valence-electron chi connectivity index (χ1n) is 10.4. The molecule has 164 valence electrons. The molecule has 0 saturated heterocycles. The van der Waals surface area contributed by atoms with Gasteiger partial charge in [0.1, 0.15) is 5.75 Å². The number of carbonyl (C=O) groups is 3. The van der Waals surface area contributed by atoms with Gasteiger partial charge in [0, 0.05) is 12.5 Å². The smallest absolute Gasteiger partial charge is 0.344 e. The van der Waals surface area contributed by atoms with Crippen molar-refractivity contribution in [2.24, 2.45) is 0 Å². The monoisotopic (exact) mass is 424 g/mol. The van der Waals surface area contributed by atoms with Crippen LogP contribution < -0.4 is 15.0 Å². The molecule has 2 aromatic rings. The van der Waals surface area contributed by atoms with Gasteiger partial charge in [-0.25, -0.2) is 4.79 Å². The predicted octanol–water partition coefficient (Wildman–Crippen LogP) is 3.80. The Balaban J connectivity index is 1.63. The van der Waals surface area contributed by atoms with Gasteiger partial charge >= 0.3 is 5.97 Å². The van der Waals surface area contributed by atoms with E-state index in [4.69, 9.17) is 9.47 Å². The first-order chi connectivity index (χ1) is 14.8. The number of para-hydroxylation sites is 2. The van der Waals surface area contributed by atoms with Crippen molar-refractivity contribution in [2.75, 3.05) is 23.4 Å². The molecule has 1 aliphatic rings. The highest BCUT2D eigenvalue weighted by atomic mass is 16.6. The van der Waals surface area contributed by atoms with Crippen LogP contribution in [-0.4, -0.2) is 37.0 Å². The van der Waals surface area contributed by atoms with E-state index in [1.807, 2.05) is 39.0 Å². The van der Waals surface area contributed by atoms with Gasteiger partial charge in [0.15, 0.2) is 13.2 Å². The molecule has 0 aliphatic carbocycles. The molecule has 0 radical (unpaired) electrons. The van der Waals surface area contributed by atoms with Crippen molar-refractivity contribution in [3.8, 4) is 5.75 Å². The van der Waals surface area contributed by atoms with E-state index in [-0.39, 0.29) is 30.9 Å². The number of hydrogen-bond donors (Lipinski definition) is 1. The molecule has 0 aromatic heterocycles. The van der Waals surface area contributed by atoms with Gasteiger partial charge < -0.3 is 19.7 Å². The maximum Gasteiger partial charge on any atom is 0.344 e. The normalized spacial score (nSPS) is 15.7. The second-order valence-corrected chi connectivity index (χ2v) is 8.03. The molecule has 3 rings (SSSR count). The number of ether oxygens (including phenoxy) is 2. The number of nitrogens with zero attached hydrogens (tertiary/aromatic N) is 1. The zero-order chi connectivity index (χ0) is 22.5. The summed E-state index contributed by atoms with van der Waals surface area (Å²) in [5, 5.41) is 2.80. The van der Waals surface area contributed by atoms with Gasteiger partial charge in [0.05, 0.1) is 11.4 Å². The van der Waals surface area contributed by atoms with Gasteiger partial charge in [-0.15, -0.1) is 0 Å². The molecule has 0 bridgehead atoms. The number of fused-ring (bicyclic) bond motifs is 1. The molecule has 2 amide bonds. The molecule has 0 fully saturated rings. The number of esters is 1. The lowest BCUT2D eigenvalue weighted by Crippen LogP contribution is -2.41. The summed E-state index contributed by atoms with van der Waals surface area (Å²) >= 11 is 0. The summed E-state index contributed by atoms with van der Waals surface area (Å²) in [6, 6.07) is 12.6. The van der Waals surface area contributed by atoms with E-state index >= 15 is 0 Å². The summed E-state index contributed by atoms with van der Waals surface area (Å²) in [6.45, 7) is 7.12. The van der Waals surface area contributed by atoms with E-state index in [0.29, 0.717) is 17.1 Å². The summed E-state index contributed by atoms with van der Waals surface area (Å²) < 4.78 is 10.9. The summed E-state index contributed by atoms with van der Waals surface area (Å²) in [6.07, 6.45) is 0.156. The minimum atomic E-state index is -0.630. The molecule has 0 spiro atoms. The minimum Gasteiger partial charge on any atom is -0.482 e. The molecule has 2 aromatic carbocycles. The molecule has 0 saturated carbocycles. The maximum absolute atomic E-state index is 12.9. The van der Waals surface area contributed by atoms with Gasteiger partial charge in [-0.2, -0.15) is 0 Å². The second kappa shape index (κ2) is 9.64. The first kappa shape index (κ1) is 22.3. The lowest BCUT2D eigenvalue weighted by atomic mass is 10.0. The first-order valence-corrected chi connectivity index (χ1v) is 10.4. The summed E-state index contributed by atoms with van der Waals surface area (Å²) in [4.78, 5) is 38.7. The van der Waals surface area contributed by atoms with Crippen molar-refractivity contribution >= 4 is 29.2 Å². The lowest BCUT2D eigenvalue weighted by molar-refractivity contribution is -0.150. The summed E-state index contributed by atoms with van der Waals surface area (Å²) in [5.74, 6) is -0.315. The van der Waals surface area contributed by atoms with E-state index in [0.717, 1.165) is 11.1 Å². The van der Waals surface area contributed by atoms with E-state index in [2.05, 4.69) is 5.32 Å². The fourth-order valence-corrected chi connectivity index (χ4v) is 3.60. The number of carbonyl (C=O) groups excluding carboxylic acids is 3. The van der Waals surface area contributed by atoms with Crippen molar-refractivity contribution < 1.29 is 23.9 Å². The third-order valence-corrected chi connectivity index (χ3v) is 5.12. The molecule has 7 heteroatoms. The zero-order valence-corrected chi connectivity index (χ0v) is 18.3. The van der Waals surface area contributed by atoms with Crippen LogP contribution in [0.15, 0.2) is 42.5 Å². The molecule has 1 aliphatic heterocycles. The number of rotatable bonds is 6. The Morgan fingerprint density at radius 2 is 1.90 bits per heavy atom. The van der Waals surface area contributed by atoms with Crippen LogP contribution in [0.5, 0.6) is 5.75 Å². The molecule has 1 heterocycles. The Morgan fingerprint density at radius 3 is 2.65 bits per heavy atom. The topological polar surface area (TPSA) is 84.9 Å². The predicted molar refractivity (Wildman–Crippen MR) is 118 cm³/mol. The molecule has 1 atom stereocenters. The van der Waals surface area contributed by atoms with Gasteiger partial charge in [-0.05, 0) is 49.1 Å². The molecular formula is C24H28N2O5.